The Morgan fingerprint density at radius 1 is 1.21 bits per heavy atom. The third-order valence-electron chi connectivity index (χ3n) is 3.09. The average molecular weight is 382 g/mol. The van der Waals surface area contributed by atoms with E-state index in [1.54, 1.807) is 0 Å². The van der Waals surface area contributed by atoms with Crippen LogP contribution in [0, 0.1) is 0 Å². The maximum Gasteiger partial charge on any atom is 0.437 e. The van der Waals surface area contributed by atoms with Crippen molar-refractivity contribution in [1.82, 2.24) is 15.0 Å². The van der Waals surface area contributed by atoms with E-state index >= 15 is 0 Å². The number of rotatable bonds is 3. The van der Waals surface area contributed by atoms with Gasteiger partial charge in [-0.05, 0) is 6.92 Å². The highest BCUT2D eigenvalue weighted by molar-refractivity contribution is 8.38. The monoisotopic (exact) mass is 382 g/mol. The second kappa shape index (κ2) is 5.77. The van der Waals surface area contributed by atoms with Gasteiger partial charge in [-0.15, -0.1) is 10.2 Å². The molecule has 0 fully saturated rings. The second-order valence-corrected chi connectivity index (χ2v) is 7.05. The van der Waals surface area contributed by atoms with E-state index in [-0.39, 0.29) is 4.80 Å². The highest BCUT2D eigenvalue weighted by atomic mass is 32.3. The van der Waals surface area contributed by atoms with Crippen molar-refractivity contribution in [2.45, 2.75) is 30.6 Å². The number of aryl methyl sites for hydroxylation is 1. The fourth-order valence-electron chi connectivity index (χ4n) is 1.89. The standard InChI is InChI=1S/C10H12F6N4O3S/c1-4-5(11)8(19-23-4)24(21,22-3)10(15,16)7-6(9(12,13)14)17-20(2)18-7/h4-5,21H,1-3H3. The molecule has 14 heteroatoms. The van der Waals surface area contributed by atoms with E-state index in [1.165, 1.54) is 0 Å². The van der Waals surface area contributed by atoms with Crippen molar-refractivity contribution < 1.29 is 39.9 Å². The molecule has 1 N–H and O–H groups in total. The van der Waals surface area contributed by atoms with Gasteiger partial charge in [-0.2, -0.15) is 26.7 Å². The summed E-state index contributed by atoms with van der Waals surface area (Å²) < 4.78 is 96.6. The van der Waals surface area contributed by atoms with Crippen molar-refractivity contribution in [3.05, 3.63) is 11.4 Å². The molecule has 24 heavy (non-hydrogen) atoms. The highest BCUT2D eigenvalue weighted by Crippen LogP contribution is 2.66. The van der Waals surface area contributed by atoms with Crippen LogP contribution in [0.2, 0.25) is 0 Å². The Hall–Kier alpha value is -1.54. The maximum absolute atomic E-state index is 14.7. The van der Waals surface area contributed by atoms with E-state index in [0.717, 1.165) is 14.0 Å². The molecule has 3 atom stereocenters. The number of alkyl halides is 6. The summed E-state index contributed by atoms with van der Waals surface area (Å²) in [4.78, 5) is 4.71. The molecule has 0 saturated heterocycles. The molecule has 138 valence electrons. The Balaban J connectivity index is 2.60. The van der Waals surface area contributed by atoms with E-state index in [2.05, 4.69) is 24.4 Å². The topological polar surface area (TPSA) is 81.8 Å². The summed E-state index contributed by atoms with van der Waals surface area (Å²) in [6.07, 6.45) is -8.88. The second-order valence-electron chi connectivity index (χ2n) is 4.74. The van der Waals surface area contributed by atoms with Crippen molar-refractivity contribution in [3.8, 4) is 0 Å². The Bertz CT molecular complexity index is 666. The fraction of sp³-hybridized carbons (Fsp3) is 0.700. The molecule has 1 aliphatic rings. The first kappa shape index (κ1) is 18.8. The summed E-state index contributed by atoms with van der Waals surface area (Å²) in [7, 11) is -3.47. The molecule has 3 unspecified atom stereocenters. The van der Waals surface area contributed by atoms with E-state index in [1.807, 2.05) is 0 Å². The predicted molar refractivity (Wildman–Crippen MR) is 70.0 cm³/mol. The zero-order chi connectivity index (χ0) is 18.5. The average Bonchev–Trinajstić information content (AvgIpc) is 3.02. The third kappa shape index (κ3) is 2.71. The molecule has 0 amide bonds. The molecule has 2 rings (SSSR count). The lowest BCUT2D eigenvalue weighted by atomic mass is 10.3. The minimum absolute atomic E-state index is 0.254. The van der Waals surface area contributed by atoms with Crippen LogP contribution in [-0.4, -0.2) is 44.0 Å². The first-order valence-corrected chi connectivity index (χ1v) is 7.73. The van der Waals surface area contributed by atoms with Gasteiger partial charge < -0.3 is 4.84 Å². The summed E-state index contributed by atoms with van der Waals surface area (Å²) in [5.74, 6) is 0. The van der Waals surface area contributed by atoms with Crippen LogP contribution in [0.5, 0.6) is 0 Å². The summed E-state index contributed by atoms with van der Waals surface area (Å²) in [6, 6.07) is 0. The van der Waals surface area contributed by atoms with E-state index in [0.29, 0.717) is 7.11 Å². The molecule has 0 aliphatic carbocycles. The first-order chi connectivity index (χ1) is 10.9. The van der Waals surface area contributed by atoms with Crippen LogP contribution >= 0.6 is 10.6 Å². The van der Waals surface area contributed by atoms with Crippen LogP contribution in [0.3, 0.4) is 0 Å². The van der Waals surface area contributed by atoms with Crippen molar-refractivity contribution >= 4 is 15.6 Å². The van der Waals surface area contributed by atoms with Gasteiger partial charge in [0.1, 0.15) is 0 Å². The van der Waals surface area contributed by atoms with Gasteiger partial charge in [0.2, 0.25) is 5.04 Å². The van der Waals surface area contributed by atoms with Gasteiger partial charge in [0.25, 0.3) is 0 Å². The minimum Gasteiger partial charge on any atom is -0.388 e. The van der Waals surface area contributed by atoms with Crippen LogP contribution in [0.15, 0.2) is 5.16 Å². The number of hydrogen-bond donors (Lipinski definition) is 1. The summed E-state index contributed by atoms with van der Waals surface area (Å²) in [5.41, 5.74) is -3.92. The fourth-order valence-corrected chi connectivity index (χ4v) is 3.57. The van der Waals surface area contributed by atoms with Gasteiger partial charge in [0.05, 0.1) is 7.11 Å². The lowest BCUT2D eigenvalue weighted by Gasteiger charge is -2.41. The Labute approximate surface area is 132 Å². The molecular weight excluding hydrogens is 370 g/mol. The number of halogens is 6. The summed E-state index contributed by atoms with van der Waals surface area (Å²) in [5, 5.41) is 2.86. The van der Waals surface area contributed by atoms with Crippen LogP contribution in [-0.2, 0) is 27.5 Å². The lowest BCUT2D eigenvalue weighted by Crippen LogP contribution is -2.37. The smallest absolute Gasteiger partial charge is 0.388 e. The molecule has 1 aromatic heterocycles. The van der Waals surface area contributed by atoms with Crippen LogP contribution in [0.1, 0.15) is 18.3 Å². The van der Waals surface area contributed by atoms with E-state index < -0.39 is 50.7 Å². The molecule has 0 bridgehead atoms. The zero-order valence-corrected chi connectivity index (χ0v) is 13.2. The molecular formula is C10H12F6N4O3S. The van der Waals surface area contributed by atoms with Crippen LogP contribution in [0.25, 0.3) is 0 Å². The Morgan fingerprint density at radius 2 is 1.75 bits per heavy atom. The SMILES string of the molecule is COS(O)(C1=NOC(C)C1F)C(F)(F)c1nn(C)nc1C(F)(F)F. The highest BCUT2D eigenvalue weighted by Gasteiger charge is 2.61. The van der Waals surface area contributed by atoms with E-state index in [9.17, 15) is 30.9 Å². The number of aromatic nitrogens is 3. The maximum atomic E-state index is 14.7. The van der Waals surface area contributed by atoms with Crippen LogP contribution < -0.4 is 0 Å². The molecule has 1 aliphatic heterocycles. The van der Waals surface area contributed by atoms with Gasteiger partial charge in [-0.1, -0.05) is 15.7 Å². The van der Waals surface area contributed by atoms with Gasteiger partial charge in [0.15, 0.2) is 23.7 Å². The van der Waals surface area contributed by atoms with Crippen molar-refractivity contribution in [2.75, 3.05) is 7.11 Å². The lowest BCUT2D eigenvalue weighted by molar-refractivity contribution is -0.144. The zero-order valence-electron chi connectivity index (χ0n) is 12.4. The molecule has 0 spiro atoms. The van der Waals surface area contributed by atoms with Crippen LogP contribution in [0.4, 0.5) is 26.3 Å². The number of hydrogen-bond acceptors (Lipinski definition) is 6. The van der Waals surface area contributed by atoms with E-state index in [4.69, 9.17) is 0 Å². The molecule has 0 aromatic carbocycles. The Kier molecular flexibility index (Phi) is 4.52. The summed E-state index contributed by atoms with van der Waals surface area (Å²) >= 11 is 0. The van der Waals surface area contributed by atoms with Gasteiger partial charge in [-0.3, -0.25) is 8.74 Å². The Morgan fingerprint density at radius 3 is 2.17 bits per heavy atom. The molecule has 1 aromatic rings. The molecule has 0 saturated carbocycles. The third-order valence-corrected chi connectivity index (χ3v) is 5.32. The first-order valence-electron chi connectivity index (χ1n) is 6.21. The number of oxime groups is 1. The molecule has 7 nitrogen and oxygen atoms in total. The van der Waals surface area contributed by atoms with Gasteiger partial charge in [-0.25, -0.2) is 4.39 Å². The summed E-state index contributed by atoms with van der Waals surface area (Å²) in [6.45, 7) is 1.14. The molecule has 0 radical (unpaired) electrons. The molecule has 2 heterocycles. The van der Waals surface area contributed by atoms with Crippen molar-refractivity contribution in [1.29, 1.82) is 0 Å². The van der Waals surface area contributed by atoms with Gasteiger partial charge in [0, 0.05) is 7.05 Å². The normalized spacial score (nSPS) is 25.8. The van der Waals surface area contributed by atoms with Crippen molar-refractivity contribution in [3.63, 3.8) is 0 Å². The minimum atomic E-state index is -5.28. The number of nitrogens with zero attached hydrogens (tertiary/aromatic N) is 4. The predicted octanol–water partition coefficient (Wildman–Crippen LogP) is 2.79. The quantitative estimate of drug-likeness (QED) is 0.813. The van der Waals surface area contributed by atoms with Gasteiger partial charge >= 0.3 is 11.4 Å². The van der Waals surface area contributed by atoms with Crippen molar-refractivity contribution in [2.24, 2.45) is 12.2 Å². The largest absolute Gasteiger partial charge is 0.437 e.